The lowest BCUT2D eigenvalue weighted by Crippen LogP contribution is -2.02. The van der Waals surface area contributed by atoms with Crippen LogP contribution in [0, 0.1) is 0 Å². The van der Waals surface area contributed by atoms with E-state index in [0.717, 1.165) is 111 Å². The van der Waals surface area contributed by atoms with Crippen molar-refractivity contribution in [2.45, 2.75) is 0 Å². The van der Waals surface area contributed by atoms with Crippen molar-refractivity contribution in [2.75, 3.05) is 0 Å². The fourth-order valence-corrected chi connectivity index (χ4v) is 10.6. The maximum atomic E-state index is 4.80. The summed E-state index contributed by atoms with van der Waals surface area (Å²) in [4.78, 5) is 19.2. The third-order valence-electron chi connectivity index (χ3n) is 14.4. The van der Waals surface area contributed by atoms with Gasteiger partial charge < -0.3 is 0 Å². The van der Waals surface area contributed by atoms with E-state index in [-0.39, 0.29) is 0 Å². The summed E-state index contributed by atoms with van der Waals surface area (Å²) in [5.41, 5.74) is 23.6. The van der Waals surface area contributed by atoms with E-state index in [0.29, 0.717) is 0 Å². The minimum Gasteiger partial charge on any atom is -0.255 e. The second kappa shape index (κ2) is 21.4. The minimum absolute atomic E-state index is 0.823. The normalized spacial score (nSPS) is 11.5. The molecule has 0 radical (unpaired) electrons. The SMILES string of the molecule is C(=Nc1ccc(-c2ccc(-c3c(-c4ccccc4)c(-c4ccccc4)c(-c4ccccc4)c(-c4ccccc4)c3-c3ccc(-c4ccc(N=Cc5ccc6ccccc6n5)cc4)cc3)cc2)cc1)c1ccc2ccccc2n1. The van der Waals surface area contributed by atoms with Crippen molar-refractivity contribution in [1.82, 2.24) is 9.97 Å². The second-order valence-electron chi connectivity index (χ2n) is 19.3. The predicted molar refractivity (Wildman–Crippen MR) is 328 cm³/mol. The molecule has 4 nitrogen and oxygen atoms in total. The highest BCUT2D eigenvalue weighted by molar-refractivity contribution is 6.15. The number of aliphatic imine (C=N–C) groups is 2. The Balaban J connectivity index is 0.951. The molecule has 0 spiro atoms. The fourth-order valence-electron chi connectivity index (χ4n) is 10.6. The zero-order chi connectivity index (χ0) is 52.0. The van der Waals surface area contributed by atoms with Crippen molar-refractivity contribution < 1.29 is 0 Å². The summed E-state index contributed by atoms with van der Waals surface area (Å²) in [5, 5.41) is 2.22. The molecule has 0 atom stereocenters. The number of fused-ring (bicyclic) bond motifs is 2. The molecule has 0 unspecified atom stereocenters. The number of aromatic nitrogens is 2. The molecule has 11 aromatic carbocycles. The van der Waals surface area contributed by atoms with Gasteiger partial charge in [0.05, 0.1) is 46.2 Å². The summed E-state index contributed by atoms with van der Waals surface area (Å²) < 4.78 is 0. The fraction of sp³-hybridized carbons (Fsp3) is 0. The van der Waals surface area contributed by atoms with E-state index in [1.165, 1.54) is 22.3 Å². The maximum Gasteiger partial charge on any atom is 0.0820 e. The maximum absolute atomic E-state index is 4.80. The zero-order valence-corrected chi connectivity index (χ0v) is 42.7. The summed E-state index contributed by atoms with van der Waals surface area (Å²) in [6.07, 6.45) is 3.67. The molecule has 13 aromatic rings. The Hall–Kier alpha value is -10.4. The summed E-state index contributed by atoms with van der Waals surface area (Å²) in [7, 11) is 0. The number of rotatable bonds is 12. The van der Waals surface area contributed by atoms with Gasteiger partial charge in [-0.05, 0) is 138 Å². The molecular weight excluding hydrogens is 945 g/mol. The van der Waals surface area contributed by atoms with Gasteiger partial charge in [-0.2, -0.15) is 0 Å². The second-order valence-corrected chi connectivity index (χ2v) is 19.3. The first kappa shape index (κ1) is 47.3. The van der Waals surface area contributed by atoms with Crippen LogP contribution in [0.3, 0.4) is 0 Å². The summed E-state index contributed by atoms with van der Waals surface area (Å²) in [6.45, 7) is 0. The summed E-state index contributed by atoms with van der Waals surface area (Å²) >= 11 is 0. The molecule has 0 aliphatic carbocycles. The molecule has 0 saturated heterocycles. The van der Waals surface area contributed by atoms with Gasteiger partial charge in [0.25, 0.3) is 0 Å². The Morgan fingerprint density at radius 2 is 0.449 bits per heavy atom. The molecule has 0 bridgehead atoms. The van der Waals surface area contributed by atoms with Crippen LogP contribution in [0.2, 0.25) is 0 Å². The van der Waals surface area contributed by atoms with Crippen LogP contribution in [0.25, 0.3) is 111 Å². The van der Waals surface area contributed by atoms with Gasteiger partial charge in [-0.3, -0.25) is 9.98 Å². The van der Waals surface area contributed by atoms with Gasteiger partial charge in [0.2, 0.25) is 0 Å². The Bertz CT molecular complexity index is 4010. The molecular formula is C74H50N4. The third kappa shape index (κ3) is 9.74. The number of para-hydroxylation sites is 2. The first-order valence-corrected chi connectivity index (χ1v) is 26.3. The molecule has 0 aliphatic rings. The molecule has 13 rings (SSSR count). The van der Waals surface area contributed by atoms with Gasteiger partial charge >= 0.3 is 0 Å². The van der Waals surface area contributed by atoms with Crippen LogP contribution < -0.4 is 0 Å². The van der Waals surface area contributed by atoms with Crippen molar-refractivity contribution in [3.63, 3.8) is 0 Å². The molecule has 0 N–H and O–H groups in total. The van der Waals surface area contributed by atoms with Crippen molar-refractivity contribution in [2.24, 2.45) is 9.98 Å². The Kier molecular flexibility index (Phi) is 13.0. The van der Waals surface area contributed by atoms with Crippen molar-refractivity contribution in [3.05, 3.63) is 303 Å². The average molecular weight is 995 g/mol. The lowest BCUT2D eigenvalue weighted by molar-refractivity contribution is 1.37. The van der Waals surface area contributed by atoms with Crippen LogP contribution >= 0.6 is 0 Å². The first-order chi connectivity index (χ1) is 38.7. The first-order valence-electron chi connectivity index (χ1n) is 26.3. The van der Waals surface area contributed by atoms with E-state index in [1.54, 1.807) is 0 Å². The van der Waals surface area contributed by atoms with E-state index < -0.39 is 0 Å². The topological polar surface area (TPSA) is 50.5 Å². The van der Waals surface area contributed by atoms with Crippen molar-refractivity contribution >= 4 is 45.6 Å². The smallest absolute Gasteiger partial charge is 0.0820 e. The van der Waals surface area contributed by atoms with Crippen LogP contribution in [-0.2, 0) is 0 Å². The van der Waals surface area contributed by atoms with Crippen molar-refractivity contribution in [3.8, 4) is 89.0 Å². The quantitative estimate of drug-likeness (QED) is 0.115. The molecule has 78 heavy (non-hydrogen) atoms. The molecule has 0 amide bonds. The number of hydrogen-bond acceptors (Lipinski definition) is 4. The Morgan fingerprint density at radius 1 is 0.205 bits per heavy atom. The van der Waals surface area contributed by atoms with Crippen LogP contribution in [0.1, 0.15) is 11.4 Å². The molecule has 0 aliphatic heterocycles. The van der Waals surface area contributed by atoms with E-state index in [2.05, 4.69) is 243 Å². The highest BCUT2D eigenvalue weighted by Crippen LogP contribution is 2.56. The standard InChI is InChI=1S/C74H50N4/c1-5-19-57(20-6-1)69-70(58-21-7-2-8-22-58)72(60-25-11-4-12-26-60)74(62-35-31-52(32-36-62)54-39-45-64(46-40-54)76-50-66-48-42-56-18-14-16-28-68(56)78-66)73(71(69)59-23-9-3-10-24-59)61-33-29-51(30-34-61)53-37-43-63(44-38-53)75-49-65-47-41-55-17-13-15-27-67(55)77-65/h1-50H. The summed E-state index contributed by atoms with van der Waals surface area (Å²) in [5.74, 6) is 0. The number of nitrogens with zero attached hydrogens (tertiary/aromatic N) is 4. The van der Waals surface area contributed by atoms with Gasteiger partial charge in [-0.15, -0.1) is 0 Å². The molecule has 0 saturated carbocycles. The molecule has 2 heterocycles. The molecule has 4 heteroatoms. The predicted octanol–water partition coefficient (Wildman–Crippen LogP) is 19.6. The van der Waals surface area contributed by atoms with E-state index in [4.69, 9.17) is 20.0 Å². The highest BCUT2D eigenvalue weighted by Gasteiger charge is 2.29. The van der Waals surface area contributed by atoms with Gasteiger partial charge in [0.15, 0.2) is 0 Å². The Labute approximate surface area is 454 Å². The number of hydrogen-bond donors (Lipinski definition) is 0. The van der Waals surface area contributed by atoms with Gasteiger partial charge in [0, 0.05) is 10.8 Å². The Morgan fingerprint density at radius 3 is 0.756 bits per heavy atom. The van der Waals surface area contributed by atoms with Crippen molar-refractivity contribution in [1.29, 1.82) is 0 Å². The van der Waals surface area contributed by atoms with Gasteiger partial charge in [-0.25, -0.2) is 9.97 Å². The molecule has 2 aromatic heterocycles. The number of pyridine rings is 2. The monoisotopic (exact) mass is 994 g/mol. The van der Waals surface area contributed by atoms with E-state index >= 15 is 0 Å². The van der Waals surface area contributed by atoms with Crippen LogP contribution in [0.4, 0.5) is 11.4 Å². The van der Waals surface area contributed by atoms with Gasteiger partial charge in [-0.1, -0.05) is 243 Å². The van der Waals surface area contributed by atoms with Crippen LogP contribution in [0.5, 0.6) is 0 Å². The van der Waals surface area contributed by atoms with Gasteiger partial charge in [0.1, 0.15) is 0 Å². The lowest BCUT2D eigenvalue weighted by atomic mass is 9.74. The van der Waals surface area contributed by atoms with Crippen LogP contribution in [0.15, 0.2) is 301 Å². The largest absolute Gasteiger partial charge is 0.255 e. The summed E-state index contributed by atoms with van der Waals surface area (Å²) in [6, 6.07) is 103. The third-order valence-corrected chi connectivity index (χ3v) is 14.4. The minimum atomic E-state index is 0.823. The van der Waals surface area contributed by atoms with E-state index in [1.807, 2.05) is 61.0 Å². The molecule has 0 fully saturated rings. The highest BCUT2D eigenvalue weighted by atomic mass is 14.8. The van der Waals surface area contributed by atoms with Crippen LogP contribution in [-0.4, -0.2) is 22.4 Å². The van der Waals surface area contributed by atoms with E-state index in [9.17, 15) is 0 Å². The average Bonchev–Trinajstić information content (AvgIpc) is 3.68. The zero-order valence-electron chi connectivity index (χ0n) is 42.7. The molecule has 366 valence electrons. The lowest BCUT2D eigenvalue weighted by Gasteiger charge is -2.29. The number of benzene rings is 11.